The SMILES string of the molecule is Cc1ccc(OCCOCCOc2ccc(/C=c3\sc4nc5ccccc5n4c3=O)cc2)cc1C. The second-order valence-electron chi connectivity index (χ2n) is 8.26. The van der Waals surface area contributed by atoms with Gasteiger partial charge in [-0.25, -0.2) is 9.38 Å². The normalized spacial score (nSPS) is 12.0. The maximum absolute atomic E-state index is 12.9. The molecule has 0 atom stereocenters. The van der Waals surface area contributed by atoms with Crippen LogP contribution in [-0.4, -0.2) is 35.8 Å². The van der Waals surface area contributed by atoms with Crippen molar-refractivity contribution in [1.82, 2.24) is 9.38 Å². The highest BCUT2D eigenvalue weighted by molar-refractivity contribution is 7.15. The van der Waals surface area contributed by atoms with E-state index in [1.165, 1.54) is 22.5 Å². The maximum atomic E-state index is 12.9. The molecule has 178 valence electrons. The molecule has 0 spiro atoms. The molecule has 3 aromatic carbocycles. The zero-order chi connectivity index (χ0) is 24.2. The van der Waals surface area contributed by atoms with Gasteiger partial charge in [0.2, 0.25) is 0 Å². The summed E-state index contributed by atoms with van der Waals surface area (Å²) in [6, 6.07) is 21.4. The number of hydrogen-bond donors (Lipinski definition) is 0. The third-order valence-corrected chi connectivity index (χ3v) is 6.76. The average Bonchev–Trinajstić information content (AvgIpc) is 3.37. The van der Waals surface area contributed by atoms with E-state index in [2.05, 4.69) is 24.9 Å². The van der Waals surface area contributed by atoms with Gasteiger partial charge in [-0.3, -0.25) is 4.79 Å². The van der Waals surface area contributed by atoms with Gasteiger partial charge in [0.25, 0.3) is 5.56 Å². The van der Waals surface area contributed by atoms with Crippen molar-refractivity contribution in [2.75, 3.05) is 26.4 Å². The molecule has 5 rings (SSSR count). The summed E-state index contributed by atoms with van der Waals surface area (Å²) in [6.45, 7) is 6.09. The van der Waals surface area contributed by atoms with Crippen molar-refractivity contribution >= 4 is 33.4 Å². The molecule has 0 saturated carbocycles. The van der Waals surface area contributed by atoms with E-state index in [-0.39, 0.29) is 5.56 Å². The number of thiazole rings is 1. The van der Waals surface area contributed by atoms with Crippen molar-refractivity contribution in [2.45, 2.75) is 13.8 Å². The summed E-state index contributed by atoms with van der Waals surface area (Å²) in [5.41, 5.74) is 5.03. The first-order valence-electron chi connectivity index (χ1n) is 11.5. The Balaban J connectivity index is 1.11. The molecular weight excluding hydrogens is 460 g/mol. The second kappa shape index (κ2) is 10.3. The molecule has 0 saturated heterocycles. The lowest BCUT2D eigenvalue weighted by atomic mass is 10.1. The quantitative estimate of drug-likeness (QED) is 0.286. The molecule has 0 bridgehead atoms. The molecule has 2 aromatic heterocycles. The fraction of sp³-hybridized carbons (Fsp3) is 0.214. The molecule has 2 heterocycles. The van der Waals surface area contributed by atoms with Crippen LogP contribution >= 0.6 is 11.3 Å². The molecule has 0 aliphatic carbocycles. The Hall–Kier alpha value is -3.68. The van der Waals surface area contributed by atoms with Crippen molar-refractivity contribution in [3.63, 3.8) is 0 Å². The Morgan fingerprint density at radius 2 is 1.57 bits per heavy atom. The van der Waals surface area contributed by atoms with Crippen LogP contribution in [0, 0.1) is 13.8 Å². The molecule has 6 nitrogen and oxygen atoms in total. The van der Waals surface area contributed by atoms with Crippen LogP contribution in [-0.2, 0) is 4.74 Å². The first-order valence-corrected chi connectivity index (χ1v) is 12.3. The smallest absolute Gasteiger partial charge is 0.274 e. The Kier molecular flexibility index (Phi) is 6.79. The van der Waals surface area contributed by atoms with Gasteiger partial charge in [-0.05, 0) is 73.0 Å². The highest BCUT2D eigenvalue weighted by Gasteiger charge is 2.10. The number of hydrogen-bond acceptors (Lipinski definition) is 6. The van der Waals surface area contributed by atoms with Crippen LogP contribution in [0.5, 0.6) is 11.5 Å². The summed E-state index contributed by atoms with van der Waals surface area (Å²) in [4.78, 5) is 18.2. The largest absolute Gasteiger partial charge is 0.491 e. The highest BCUT2D eigenvalue weighted by Crippen LogP contribution is 2.17. The number of imidazole rings is 1. The zero-order valence-corrected chi connectivity index (χ0v) is 20.5. The number of fused-ring (bicyclic) bond motifs is 3. The van der Waals surface area contributed by atoms with Gasteiger partial charge in [-0.1, -0.05) is 41.7 Å². The van der Waals surface area contributed by atoms with Gasteiger partial charge in [-0.15, -0.1) is 0 Å². The van der Waals surface area contributed by atoms with Crippen LogP contribution in [0.25, 0.3) is 22.1 Å². The number of benzene rings is 3. The lowest BCUT2D eigenvalue weighted by Gasteiger charge is -2.10. The molecule has 0 aliphatic rings. The van der Waals surface area contributed by atoms with Crippen molar-refractivity contribution in [2.24, 2.45) is 0 Å². The molecule has 0 unspecified atom stereocenters. The van der Waals surface area contributed by atoms with E-state index in [0.29, 0.717) is 35.9 Å². The third-order valence-electron chi connectivity index (χ3n) is 5.79. The molecule has 7 heteroatoms. The van der Waals surface area contributed by atoms with Crippen molar-refractivity contribution < 1.29 is 14.2 Å². The van der Waals surface area contributed by atoms with Crippen molar-refractivity contribution in [1.29, 1.82) is 0 Å². The molecule has 0 radical (unpaired) electrons. The molecule has 0 N–H and O–H groups in total. The van der Waals surface area contributed by atoms with E-state index in [4.69, 9.17) is 14.2 Å². The van der Waals surface area contributed by atoms with Gasteiger partial charge >= 0.3 is 0 Å². The number of ether oxygens (including phenoxy) is 3. The van der Waals surface area contributed by atoms with Crippen LogP contribution in [0.1, 0.15) is 16.7 Å². The van der Waals surface area contributed by atoms with Crippen LogP contribution in [0.3, 0.4) is 0 Å². The monoisotopic (exact) mass is 486 g/mol. The van der Waals surface area contributed by atoms with Crippen LogP contribution in [0.4, 0.5) is 0 Å². The minimum atomic E-state index is -0.0438. The van der Waals surface area contributed by atoms with Gasteiger partial charge in [-0.2, -0.15) is 0 Å². The molecule has 0 amide bonds. The van der Waals surface area contributed by atoms with Gasteiger partial charge in [0.1, 0.15) is 24.7 Å². The number of rotatable bonds is 9. The van der Waals surface area contributed by atoms with Gasteiger partial charge in [0.15, 0.2) is 4.96 Å². The minimum absolute atomic E-state index is 0.0438. The predicted octanol–water partition coefficient (Wildman–Crippen LogP) is 4.55. The Morgan fingerprint density at radius 3 is 2.34 bits per heavy atom. The number of nitrogens with zero attached hydrogens (tertiary/aromatic N) is 2. The van der Waals surface area contributed by atoms with Crippen LogP contribution in [0.2, 0.25) is 0 Å². The summed E-state index contributed by atoms with van der Waals surface area (Å²) in [7, 11) is 0. The van der Waals surface area contributed by atoms with Gasteiger partial charge < -0.3 is 14.2 Å². The summed E-state index contributed by atoms with van der Waals surface area (Å²) in [5, 5.41) is 0. The van der Waals surface area contributed by atoms with Crippen LogP contribution in [0.15, 0.2) is 71.5 Å². The number of para-hydroxylation sites is 2. The Morgan fingerprint density at radius 1 is 0.857 bits per heavy atom. The molecule has 0 aliphatic heterocycles. The molecule has 0 fully saturated rings. The summed E-state index contributed by atoms with van der Waals surface area (Å²) >= 11 is 1.40. The van der Waals surface area contributed by atoms with E-state index in [0.717, 1.165) is 28.1 Å². The third kappa shape index (κ3) is 5.21. The Bertz CT molecular complexity index is 1570. The van der Waals surface area contributed by atoms with E-state index in [1.54, 1.807) is 4.40 Å². The van der Waals surface area contributed by atoms with Gasteiger partial charge in [0.05, 0.1) is 28.8 Å². The average molecular weight is 487 g/mol. The topological polar surface area (TPSA) is 62.1 Å². The maximum Gasteiger partial charge on any atom is 0.274 e. The lowest BCUT2D eigenvalue weighted by molar-refractivity contribution is 0.0764. The number of aryl methyl sites for hydroxylation is 2. The standard InChI is InChI=1S/C28H26N2O4S/c1-19-7-10-23(17-20(19)2)34-16-14-32-13-15-33-22-11-8-21(9-12-22)18-26-27(31)30-25-6-4-3-5-24(25)29-28(30)35-26/h3-12,17-18H,13-16H2,1-2H3/b26-18-. The van der Waals surface area contributed by atoms with Crippen molar-refractivity contribution in [3.8, 4) is 11.5 Å². The number of aromatic nitrogens is 2. The fourth-order valence-corrected chi connectivity index (χ4v) is 4.75. The highest BCUT2D eigenvalue weighted by atomic mass is 32.1. The van der Waals surface area contributed by atoms with E-state index in [1.807, 2.05) is 66.7 Å². The minimum Gasteiger partial charge on any atom is -0.491 e. The van der Waals surface area contributed by atoms with Crippen LogP contribution < -0.4 is 19.6 Å². The summed E-state index contributed by atoms with van der Waals surface area (Å²) < 4.78 is 19.4. The second-order valence-corrected chi connectivity index (χ2v) is 9.27. The predicted molar refractivity (Wildman–Crippen MR) is 140 cm³/mol. The Labute approximate surface area is 207 Å². The first-order chi connectivity index (χ1) is 17.1. The summed E-state index contributed by atoms with van der Waals surface area (Å²) in [6.07, 6.45) is 1.89. The molecule has 35 heavy (non-hydrogen) atoms. The molecular formula is C28H26N2O4S. The fourth-order valence-electron chi connectivity index (χ4n) is 3.77. The van der Waals surface area contributed by atoms with Gasteiger partial charge in [0, 0.05) is 0 Å². The van der Waals surface area contributed by atoms with Crippen molar-refractivity contribution in [3.05, 3.63) is 98.3 Å². The molecule has 5 aromatic rings. The van der Waals surface area contributed by atoms with E-state index >= 15 is 0 Å². The lowest BCUT2D eigenvalue weighted by Crippen LogP contribution is -2.22. The summed E-state index contributed by atoms with van der Waals surface area (Å²) in [5.74, 6) is 1.62. The zero-order valence-electron chi connectivity index (χ0n) is 19.7. The first kappa shape index (κ1) is 23.1. The van der Waals surface area contributed by atoms with E-state index in [9.17, 15) is 4.79 Å². The van der Waals surface area contributed by atoms with E-state index < -0.39 is 0 Å².